The van der Waals surface area contributed by atoms with Crippen LogP contribution in [0.1, 0.15) is 22.8 Å². The van der Waals surface area contributed by atoms with E-state index in [4.69, 9.17) is 14.6 Å². The predicted octanol–water partition coefficient (Wildman–Crippen LogP) is 1.54. The Kier molecular flexibility index (Phi) is 4.79. The number of carbonyl (C=O) groups is 1. The SMILES string of the molecule is CCOC(=O)c1ccc(C)cc1OCCO. The van der Waals surface area contributed by atoms with Crippen LogP contribution in [0.2, 0.25) is 0 Å². The first kappa shape index (κ1) is 12.5. The topological polar surface area (TPSA) is 55.8 Å². The third-order valence-electron chi connectivity index (χ3n) is 1.98. The van der Waals surface area contributed by atoms with Gasteiger partial charge in [0.2, 0.25) is 0 Å². The van der Waals surface area contributed by atoms with Crippen molar-refractivity contribution in [2.24, 2.45) is 0 Å². The fourth-order valence-electron chi connectivity index (χ4n) is 1.28. The lowest BCUT2D eigenvalue weighted by molar-refractivity contribution is 0.0520. The molecule has 4 heteroatoms. The van der Waals surface area contributed by atoms with E-state index in [1.54, 1.807) is 19.1 Å². The molecule has 1 aromatic rings. The molecule has 1 aromatic carbocycles. The van der Waals surface area contributed by atoms with E-state index in [0.29, 0.717) is 17.9 Å². The predicted molar refractivity (Wildman–Crippen MR) is 59.7 cm³/mol. The highest BCUT2D eigenvalue weighted by Gasteiger charge is 2.13. The molecule has 0 spiro atoms. The largest absolute Gasteiger partial charge is 0.490 e. The minimum atomic E-state index is -0.407. The molecule has 0 saturated heterocycles. The van der Waals surface area contributed by atoms with Crippen LogP contribution in [0.4, 0.5) is 0 Å². The van der Waals surface area contributed by atoms with Crippen molar-refractivity contribution in [3.05, 3.63) is 29.3 Å². The Hall–Kier alpha value is -1.55. The maximum Gasteiger partial charge on any atom is 0.341 e. The Morgan fingerprint density at radius 3 is 2.81 bits per heavy atom. The van der Waals surface area contributed by atoms with Crippen molar-refractivity contribution in [2.45, 2.75) is 13.8 Å². The van der Waals surface area contributed by atoms with Crippen molar-refractivity contribution < 1.29 is 19.4 Å². The molecule has 0 atom stereocenters. The summed E-state index contributed by atoms with van der Waals surface area (Å²) < 4.78 is 10.2. The van der Waals surface area contributed by atoms with E-state index in [1.165, 1.54) is 0 Å². The molecule has 0 aromatic heterocycles. The summed E-state index contributed by atoms with van der Waals surface area (Å²) in [5.41, 5.74) is 1.38. The van der Waals surface area contributed by atoms with E-state index in [1.807, 2.05) is 13.0 Å². The molecule has 0 saturated carbocycles. The van der Waals surface area contributed by atoms with E-state index < -0.39 is 5.97 Å². The Morgan fingerprint density at radius 2 is 2.19 bits per heavy atom. The number of esters is 1. The van der Waals surface area contributed by atoms with Gasteiger partial charge < -0.3 is 14.6 Å². The van der Waals surface area contributed by atoms with E-state index in [9.17, 15) is 4.79 Å². The molecule has 16 heavy (non-hydrogen) atoms. The van der Waals surface area contributed by atoms with Gasteiger partial charge in [-0.15, -0.1) is 0 Å². The molecule has 0 heterocycles. The zero-order valence-electron chi connectivity index (χ0n) is 9.53. The van der Waals surface area contributed by atoms with Gasteiger partial charge in [0, 0.05) is 0 Å². The molecule has 0 radical (unpaired) electrons. The van der Waals surface area contributed by atoms with Crippen LogP contribution in [0.15, 0.2) is 18.2 Å². The summed E-state index contributed by atoms with van der Waals surface area (Å²) in [6, 6.07) is 5.24. The van der Waals surface area contributed by atoms with Crippen molar-refractivity contribution in [2.75, 3.05) is 19.8 Å². The molecular formula is C12H16O4. The molecule has 1 N–H and O–H groups in total. The van der Waals surface area contributed by atoms with E-state index in [2.05, 4.69) is 0 Å². The fourth-order valence-corrected chi connectivity index (χ4v) is 1.28. The highest BCUT2D eigenvalue weighted by Crippen LogP contribution is 2.21. The van der Waals surface area contributed by atoms with Crippen molar-refractivity contribution in [1.82, 2.24) is 0 Å². The second-order valence-electron chi connectivity index (χ2n) is 3.29. The van der Waals surface area contributed by atoms with Crippen LogP contribution in [0.25, 0.3) is 0 Å². The Balaban J connectivity index is 2.92. The maximum atomic E-state index is 11.6. The van der Waals surface area contributed by atoms with Gasteiger partial charge in [-0.1, -0.05) is 6.07 Å². The summed E-state index contributed by atoms with van der Waals surface area (Å²) in [5.74, 6) is 0.0444. The minimum absolute atomic E-state index is 0.0871. The van der Waals surface area contributed by atoms with Gasteiger partial charge >= 0.3 is 5.97 Å². The average Bonchev–Trinajstić information content (AvgIpc) is 2.26. The van der Waals surface area contributed by atoms with Gasteiger partial charge in [-0.2, -0.15) is 0 Å². The monoisotopic (exact) mass is 224 g/mol. The summed E-state index contributed by atoms with van der Waals surface area (Å²) in [6.07, 6.45) is 0. The number of carbonyl (C=O) groups excluding carboxylic acids is 1. The Morgan fingerprint density at radius 1 is 1.44 bits per heavy atom. The molecule has 4 nitrogen and oxygen atoms in total. The molecule has 1 rings (SSSR count). The number of hydrogen-bond donors (Lipinski definition) is 1. The first-order valence-corrected chi connectivity index (χ1v) is 5.20. The molecule has 0 fully saturated rings. The lowest BCUT2D eigenvalue weighted by Gasteiger charge is -2.10. The first-order chi connectivity index (χ1) is 7.69. The van der Waals surface area contributed by atoms with Crippen molar-refractivity contribution in [3.63, 3.8) is 0 Å². The van der Waals surface area contributed by atoms with E-state index >= 15 is 0 Å². The second kappa shape index (κ2) is 6.12. The smallest absolute Gasteiger partial charge is 0.341 e. The third kappa shape index (κ3) is 3.24. The van der Waals surface area contributed by atoms with E-state index in [0.717, 1.165) is 5.56 Å². The molecule has 0 unspecified atom stereocenters. The number of benzene rings is 1. The lowest BCUT2D eigenvalue weighted by atomic mass is 10.1. The van der Waals surface area contributed by atoms with Gasteiger partial charge in [-0.25, -0.2) is 4.79 Å². The molecule has 0 amide bonds. The van der Waals surface area contributed by atoms with Gasteiger partial charge in [0.15, 0.2) is 0 Å². The zero-order chi connectivity index (χ0) is 12.0. The Bertz CT molecular complexity index is 360. The summed E-state index contributed by atoms with van der Waals surface area (Å²) in [7, 11) is 0. The molecular weight excluding hydrogens is 208 g/mol. The highest BCUT2D eigenvalue weighted by atomic mass is 16.5. The van der Waals surface area contributed by atoms with Crippen LogP contribution in [0.3, 0.4) is 0 Å². The second-order valence-corrected chi connectivity index (χ2v) is 3.29. The zero-order valence-corrected chi connectivity index (χ0v) is 9.53. The molecule has 0 aliphatic rings. The van der Waals surface area contributed by atoms with E-state index in [-0.39, 0.29) is 13.2 Å². The molecule has 88 valence electrons. The van der Waals surface area contributed by atoms with Crippen LogP contribution in [0, 0.1) is 6.92 Å². The summed E-state index contributed by atoms with van der Waals surface area (Å²) >= 11 is 0. The fraction of sp³-hybridized carbons (Fsp3) is 0.417. The van der Waals surface area contributed by atoms with Crippen molar-refractivity contribution >= 4 is 5.97 Å². The number of aliphatic hydroxyl groups is 1. The highest BCUT2D eigenvalue weighted by molar-refractivity contribution is 5.92. The van der Waals surface area contributed by atoms with Crippen molar-refractivity contribution in [3.8, 4) is 5.75 Å². The normalized spacial score (nSPS) is 9.94. The quantitative estimate of drug-likeness (QED) is 0.771. The number of aliphatic hydroxyl groups excluding tert-OH is 1. The lowest BCUT2D eigenvalue weighted by Crippen LogP contribution is -2.10. The summed E-state index contributed by atoms with van der Waals surface area (Å²) in [5, 5.41) is 8.69. The van der Waals surface area contributed by atoms with Crippen molar-refractivity contribution in [1.29, 1.82) is 0 Å². The van der Waals surface area contributed by atoms with Gasteiger partial charge in [0.05, 0.1) is 13.2 Å². The van der Waals surface area contributed by atoms with Crippen LogP contribution < -0.4 is 4.74 Å². The number of aryl methyl sites for hydroxylation is 1. The third-order valence-corrected chi connectivity index (χ3v) is 1.98. The maximum absolute atomic E-state index is 11.6. The van der Waals surface area contributed by atoms with Crippen LogP contribution in [0.5, 0.6) is 5.75 Å². The first-order valence-electron chi connectivity index (χ1n) is 5.20. The average molecular weight is 224 g/mol. The number of hydrogen-bond acceptors (Lipinski definition) is 4. The molecule has 0 aliphatic carbocycles. The van der Waals surface area contributed by atoms with Gasteiger partial charge in [0.25, 0.3) is 0 Å². The standard InChI is InChI=1S/C12H16O4/c1-3-15-12(14)10-5-4-9(2)8-11(10)16-7-6-13/h4-5,8,13H,3,6-7H2,1-2H3. The number of rotatable bonds is 5. The summed E-state index contributed by atoms with van der Waals surface area (Å²) in [4.78, 5) is 11.6. The molecule has 0 aliphatic heterocycles. The Labute approximate surface area is 94.8 Å². The van der Waals surface area contributed by atoms with Crippen LogP contribution in [-0.4, -0.2) is 30.9 Å². The van der Waals surface area contributed by atoms with Crippen LogP contribution >= 0.6 is 0 Å². The molecule has 0 bridgehead atoms. The van der Waals surface area contributed by atoms with Gasteiger partial charge in [-0.3, -0.25) is 0 Å². The minimum Gasteiger partial charge on any atom is -0.490 e. The van der Waals surface area contributed by atoms with Gasteiger partial charge in [-0.05, 0) is 31.5 Å². The van der Waals surface area contributed by atoms with Gasteiger partial charge in [0.1, 0.15) is 17.9 Å². The van der Waals surface area contributed by atoms with Crippen LogP contribution in [-0.2, 0) is 4.74 Å². The number of ether oxygens (including phenoxy) is 2. The summed E-state index contributed by atoms with van der Waals surface area (Å²) in [6.45, 7) is 4.05.